The highest BCUT2D eigenvalue weighted by Gasteiger charge is 2.41. The highest BCUT2D eigenvalue weighted by molar-refractivity contribution is 5.90. The summed E-state index contributed by atoms with van der Waals surface area (Å²) in [5.74, 6) is -2.25. The maximum Gasteiger partial charge on any atom is 0.328 e. The summed E-state index contributed by atoms with van der Waals surface area (Å²) in [6.07, 6.45) is 3.62. The highest BCUT2D eigenvalue weighted by atomic mass is 19.1. The molecule has 0 aliphatic heterocycles. The summed E-state index contributed by atoms with van der Waals surface area (Å²) in [6, 6.07) is 5.06. The van der Waals surface area contributed by atoms with Crippen LogP contribution in [0.2, 0.25) is 0 Å². The molecule has 0 radical (unpaired) electrons. The van der Waals surface area contributed by atoms with Crippen molar-refractivity contribution in [3.8, 4) is 0 Å². The lowest BCUT2D eigenvalue weighted by molar-refractivity contribution is -0.148. The van der Waals surface area contributed by atoms with E-state index in [0.717, 1.165) is 18.4 Å². The van der Waals surface area contributed by atoms with E-state index >= 15 is 0 Å². The Morgan fingerprint density at radius 2 is 1.67 bits per heavy atom. The Balaban J connectivity index is 1.94. The minimum absolute atomic E-state index is 0.0336. The first-order valence-corrected chi connectivity index (χ1v) is 11.4. The second kappa shape index (κ2) is 12.9. The van der Waals surface area contributed by atoms with Crippen molar-refractivity contribution in [3.05, 3.63) is 35.6 Å². The summed E-state index contributed by atoms with van der Waals surface area (Å²) in [5.41, 5.74) is 0.210. The van der Waals surface area contributed by atoms with Crippen molar-refractivity contribution < 1.29 is 33.0 Å². The van der Waals surface area contributed by atoms with Crippen LogP contribution >= 0.6 is 0 Å². The molecule has 182 valence electrons. The van der Waals surface area contributed by atoms with Gasteiger partial charge in [0.15, 0.2) is 0 Å². The van der Waals surface area contributed by atoms with E-state index in [1.165, 1.54) is 12.1 Å². The number of carbonyl (C=O) groups excluding carboxylic acids is 4. The zero-order valence-electron chi connectivity index (χ0n) is 19.3. The van der Waals surface area contributed by atoms with Crippen LogP contribution in [0.4, 0.5) is 4.39 Å². The molecule has 1 saturated carbocycles. The van der Waals surface area contributed by atoms with E-state index in [4.69, 9.17) is 9.47 Å². The van der Waals surface area contributed by atoms with Crippen molar-refractivity contribution in [3.63, 3.8) is 0 Å². The molecule has 8 nitrogen and oxygen atoms in total. The molecule has 0 heterocycles. The van der Waals surface area contributed by atoms with Gasteiger partial charge >= 0.3 is 11.9 Å². The number of hydrogen-bond donors (Lipinski definition) is 2. The topological polar surface area (TPSA) is 111 Å². The molecule has 2 amide bonds. The smallest absolute Gasteiger partial charge is 0.328 e. The molecule has 9 heteroatoms. The Labute approximate surface area is 193 Å². The minimum Gasteiger partial charge on any atom is -0.466 e. The average Bonchev–Trinajstić information content (AvgIpc) is 3.26. The third-order valence-electron chi connectivity index (χ3n) is 5.76. The maximum atomic E-state index is 13.2. The van der Waals surface area contributed by atoms with Gasteiger partial charge in [-0.3, -0.25) is 14.4 Å². The molecule has 1 atom stereocenters. The third kappa shape index (κ3) is 8.14. The summed E-state index contributed by atoms with van der Waals surface area (Å²) in [4.78, 5) is 49.3. The summed E-state index contributed by atoms with van der Waals surface area (Å²) >= 11 is 0. The van der Waals surface area contributed by atoms with E-state index in [1.54, 1.807) is 26.0 Å². The number of amides is 2. The van der Waals surface area contributed by atoms with E-state index in [1.807, 2.05) is 0 Å². The number of esters is 2. The van der Waals surface area contributed by atoms with Crippen molar-refractivity contribution >= 4 is 23.8 Å². The van der Waals surface area contributed by atoms with Gasteiger partial charge in [0.05, 0.1) is 25.2 Å². The van der Waals surface area contributed by atoms with E-state index in [2.05, 4.69) is 10.6 Å². The van der Waals surface area contributed by atoms with Crippen LogP contribution in [-0.4, -0.2) is 49.6 Å². The van der Waals surface area contributed by atoms with Crippen molar-refractivity contribution in [1.29, 1.82) is 0 Å². The summed E-state index contributed by atoms with van der Waals surface area (Å²) < 4.78 is 23.1. The molecule has 0 aromatic heterocycles. The van der Waals surface area contributed by atoms with Crippen molar-refractivity contribution in [1.82, 2.24) is 10.6 Å². The molecule has 2 rings (SSSR count). The van der Waals surface area contributed by atoms with Gasteiger partial charge in [-0.15, -0.1) is 0 Å². The summed E-state index contributed by atoms with van der Waals surface area (Å²) in [7, 11) is 0. The number of hydrogen-bond acceptors (Lipinski definition) is 6. The first-order valence-electron chi connectivity index (χ1n) is 11.4. The fourth-order valence-electron chi connectivity index (χ4n) is 4.11. The maximum absolute atomic E-state index is 13.2. The Hall–Kier alpha value is -2.97. The minimum atomic E-state index is -1.02. The number of ether oxygens (including phenoxy) is 2. The molecule has 1 aliphatic rings. The average molecular weight is 465 g/mol. The van der Waals surface area contributed by atoms with Gasteiger partial charge in [-0.2, -0.15) is 0 Å². The molecule has 0 spiro atoms. The molecule has 0 saturated heterocycles. The molecule has 2 N–H and O–H groups in total. The largest absolute Gasteiger partial charge is 0.466 e. The van der Waals surface area contributed by atoms with Crippen molar-refractivity contribution in [2.75, 3.05) is 19.8 Å². The van der Waals surface area contributed by atoms with Crippen LogP contribution in [0.1, 0.15) is 57.9 Å². The fraction of sp³-hybridized carbons (Fsp3) is 0.583. The second-order valence-electron chi connectivity index (χ2n) is 8.19. The zero-order valence-corrected chi connectivity index (χ0v) is 19.3. The van der Waals surface area contributed by atoms with Gasteiger partial charge in [0.25, 0.3) is 0 Å². The quantitative estimate of drug-likeness (QED) is 0.460. The lowest BCUT2D eigenvalue weighted by Gasteiger charge is -2.28. The molecule has 0 bridgehead atoms. The predicted octanol–water partition coefficient (Wildman–Crippen LogP) is 2.44. The van der Waals surface area contributed by atoms with E-state index in [-0.39, 0.29) is 44.3 Å². The first-order chi connectivity index (χ1) is 15.8. The Morgan fingerprint density at radius 1 is 1.03 bits per heavy atom. The van der Waals surface area contributed by atoms with Gasteiger partial charge in [0.2, 0.25) is 11.8 Å². The van der Waals surface area contributed by atoms with E-state index in [0.29, 0.717) is 19.3 Å². The van der Waals surface area contributed by atoms with E-state index < -0.39 is 29.3 Å². The lowest BCUT2D eigenvalue weighted by atomic mass is 9.79. The Morgan fingerprint density at radius 3 is 2.27 bits per heavy atom. The standard InChI is InChI=1S/C24H33FN2O6/c1-3-32-21(29)12-11-19(22(30)33-4-2)27-20(28)16-26-23(31)24(13-5-6-14-24)15-17-7-9-18(25)10-8-17/h7-10,19H,3-6,11-16H2,1-2H3,(H,26,31)(H,27,28). The summed E-state index contributed by atoms with van der Waals surface area (Å²) in [5, 5.41) is 5.23. The number of nitrogens with one attached hydrogen (secondary N) is 2. The number of halogens is 1. The van der Waals surface area contributed by atoms with Gasteiger partial charge in [-0.1, -0.05) is 25.0 Å². The van der Waals surface area contributed by atoms with Crippen LogP contribution < -0.4 is 10.6 Å². The summed E-state index contributed by atoms with van der Waals surface area (Å²) in [6.45, 7) is 3.37. The molecular formula is C24H33FN2O6. The van der Waals surface area contributed by atoms with E-state index in [9.17, 15) is 23.6 Å². The van der Waals surface area contributed by atoms with Crippen LogP contribution in [0, 0.1) is 11.2 Å². The molecule has 1 aromatic rings. The van der Waals surface area contributed by atoms with Gasteiger partial charge in [-0.05, 0) is 57.2 Å². The number of benzene rings is 1. The SMILES string of the molecule is CCOC(=O)CCC(NC(=O)CNC(=O)C1(Cc2ccc(F)cc2)CCCC1)C(=O)OCC. The van der Waals surface area contributed by atoms with Gasteiger partial charge in [0, 0.05) is 6.42 Å². The molecule has 1 unspecified atom stereocenters. The van der Waals surface area contributed by atoms with Crippen LogP contribution in [-0.2, 0) is 35.1 Å². The first kappa shape index (κ1) is 26.3. The van der Waals surface area contributed by atoms with Crippen LogP contribution in [0.15, 0.2) is 24.3 Å². The molecule has 33 heavy (non-hydrogen) atoms. The van der Waals surface area contributed by atoms with Crippen LogP contribution in [0.3, 0.4) is 0 Å². The highest BCUT2D eigenvalue weighted by Crippen LogP contribution is 2.41. The Kier molecular flexibility index (Phi) is 10.3. The van der Waals surface area contributed by atoms with Crippen LogP contribution in [0.5, 0.6) is 0 Å². The predicted molar refractivity (Wildman–Crippen MR) is 118 cm³/mol. The monoisotopic (exact) mass is 464 g/mol. The van der Waals surface area contributed by atoms with Gasteiger partial charge < -0.3 is 20.1 Å². The molecule has 1 fully saturated rings. The Bertz CT molecular complexity index is 821. The lowest BCUT2D eigenvalue weighted by Crippen LogP contribution is -2.49. The molecule has 1 aromatic carbocycles. The number of carbonyl (C=O) groups is 4. The van der Waals surface area contributed by atoms with Gasteiger partial charge in [0.1, 0.15) is 11.9 Å². The fourth-order valence-corrected chi connectivity index (χ4v) is 4.11. The molecule has 1 aliphatic carbocycles. The normalized spacial score (nSPS) is 15.4. The van der Waals surface area contributed by atoms with Crippen molar-refractivity contribution in [2.45, 2.75) is 64.8 Å². The van der Waals surface area contributed by atoms with Gasteiger partial charge in [-0.25, -0.2) is 9.18 Å². The second-order valence-corrected chi connectivity index (χ2v) is 8.19. The number of rotatable bonds is 12. The molecular weight excluding hydrogens is 431 g/mol. The third-order valence-corrected chi connectivity index (χ3v) is 5.76. The zero-order chi connectivity index (χ0) is 24.3. The van der Waals surface area contributed by atoms with Crippen molar-refractivity contribution in [2.24, 2.45) is 5.41 Å². The van der Waals surface area contributed by atoms with Crippen LogP contribution in [0.25, 0.3) is 0 Å².